The van der Waals surface area contributed by atoms with Crippen LogP contribution < -0.4 is 4.74 Å². The second-order valence-electron chi connectivity index (χ2n) is 5.50. The first-order chi connectivity index (χ1) is 9.16. The largest absolute Gasteiger partial charge is 0.488 e. The van der Waals surface area contributed by atoms with Gasteiger partial charge in [0.1, 0.15) is 17.9 Å². The molecule has 0 saturated heterocycles. The summed E-state index contributed by atoms with van der Waals surface area (Å²) >= 11 is 0. The molecule has 0 radical (unpaired) electrons. The van der Waals surface area contributed by atoms with Crippen LogP contribution in [0.2, 0.25) is 0 Å². The number of nitrogens with zero attached hydrogens (tertiary/aromatic N) is 1. The number of hydrogen-bond donors (Lipinski definition) is 1. The molecule has 0 amide bonds. The van der Waals surface area contributed by atoms with E-state index in [-0.39, 0.29) is 0 Å². The standard InChI is InChI=1S/C16H19NO2/c1-12-7-8-13-5-4-6-14(15(13)17-12)19-11-16(18)9-2-3-10-16/h4-8,18H,2-3,9-11H2,1H3. The molecule has 3 heteroatoms. The van der Waals surface area contributed by atoms with E-state index in [1.807, 2.05) is 31.2 Å². The maximum atomic E-state index is 10.3. The zero-order valence-electron chi connectivity index (χ0n) is 11.2. The lowest BCUT2D eigenvalue weighted by Gasteiger charge is -2.22. The minimum absolute atomic E-state index is 0.363. The van der Waals surface area contributed by atoms with Crippen molar-refractivity contribution < 1.29 is 9.84 Å². The Balaban J connectivity index is 1.86. The number of ether oxygens (including phenoxy) is 1. The molecule has 100 valence electrons. The van der Waals surface area contributed by atoms with Crippen LogP contribution in [0.3, 0.4) is 0 Å². The van der Waals surface area contributed by atoms with Gasteiger partial charge in [-0.25, -0.2) is 4.98 Å². The highest BCUT2D eigenvalue weighted by Crippen LogP contribution is 2.31. The van der Waals surface area contributed by atoms with E-state index in [4.69, 9.17) is 4.74 Å². The van der Waals surface area contributed by atoms with Gasteiger partial charge in [-0.15, -0.1) is 0 Å². The van der Waals surface area contributed by atoms with Gasteiger partial charge in [0.15, 0.2) is 0 Å². The van der Waals surface area contributed by atoms with Crippen molar-refractivity contribution in [3.8, 4) is 5.75 Å². The van der Waals surface area contributed by atoms with E-state index < -0.39 is 5.60 Å². The van der Waals surface area contributed by atoms with Crippen LogP contribution in [-0.4, -0.2) is 22.3 Å². The lowest BCUT2D eigenvalue weighted by atomic mass is 10.0. The average Bonchev–Trinajstić information content (AvgIpc) is 2.84. The van der Waals surface area contributed by atoms with Gasteiger partial charge in [-0.1, -0.05) is 31.0 Å². The Labute approximate surface area is 113 Å². The van der Waals surface area contributed by atoms with E-state index in [0.29, 0.717) is 6.61 Å². The van der Waals surface area contributed by atoms with Crippen molar-refractivity contribution in [2.24, 2.45) is 0 Å². The number of benzene rings is 1. The summed E-state index contributed by atoms with van der Waals surface area (Å²) in [6, 6.07) is 9.96. The predicted molar refractivity (Wildman–Crippen MR) is 75.4 cm³/mol. The molecule has 0 spiro atoms. The van der Waals surface area contributed by atoms with E-state index in [1.54, 1.807) is 0 Å². The third-order valence-electron chi connectivity index (χ3n) is 3.85. The number of aryl methyl sites for hydroxylation is 1. The second-order valence-corrected chi connectivity index (χ2v) is 5.50. The highest BCUT2D eigenvalue weighted by molar-refractivity contribution is 5.84. The van der Waals surface area contributed by atoms with E-state index in [2.05, 4.69) is 11.1 Å². The van der Waals surface area contributed by atoms with Gasteiger partial charge < -0.3 is 9.84 Å². The Kier molecular flexibility index (Phi) is 3.15. The van der Waals surface area contributed by atoms with E-state index in [9.17, 15) is 5.11 Å². The zero-order valence-corrected chi connectivity index (χ0v) is 11.2. The highest BCUT2D eigenvalue weighted by atomic mass is 16.5. The molecule has 1 aromatic heterocycles. The number of pyridine rings is 1. The molecule has 19 heavy (non-hydrogen) atoms. The van der Waals surface area contributed by atoms with Crippen LogP contribution in [-0.2, 0) is 0 Å². The molecule has 2 aromatic rings. The number of para-hydroxylation sites is 1. The number of hydrogen-bond acceptors (Lipinski definition) is 3. The zero-order chi connectivity index (χ0) is 13.3. The maximum Gasteiger partial charge on any atom is 0.145 e. The van der Waals surface area contributed by atoms with Crippen molar-refractivity contribution in [2.75, 3.05) is 6.61 Å². The topological polar surface area (TPSA) is 42.4 Å². The summed E-state index contributed by atoms with van der Waals surface area (Å²) in [5.74, 6) is 0.765. The first kappa shape index (κ1) is 12.4. The quantitative estimate of drug-likeness (QED) is 0.918. The summed E-state index contributed by atoms with van der Waals surface area (Å²) in [7, 11) is 0. The minimum atomic E-state index is -0.647. The van der Waals surface area contributed by atoms with Crippen molar-refractivity contribution >= 4 is 10.9 Å². The van der Waals surface area contributed by atoms with Gasteiger partial charge in [0, 0.05) is 11.1 Å². The van der Waals surface area contributed by atoms with Crippen molar-refractivity contribution in [3.05, 3.63) is 36.0 Å². The first-order valence-corrected chi connectivity index (χ1v) is 6.88. The Bertz CT molecular complexity index is 588. The summed E-state index contributed by atoms with van der Waals surface area (Å²) in [5, 5.41) is 11.4. The summed E-state index contributed by atoms with van der Waals surface area (Å²) in [5.41, 5.74) is 1.21. The smallest absolute Gasteiger partial charge is 0.145 e. The Morgan fingerprint density at radius 3 is 2.79 bits per heavy atom. The molecule has 1 fully saturated rings. The Hall–Kier alpha value is -1.61. The normalized spacial score (nSPS) is 17.8. The SMILES string of the molecule is Cc1ccc2cccc(OCC3(O)CCCC3)c2n1. The van der Waals surface area contributed by atoms with Crippen LogP contribution in [0.25, 0.3) is 10.9 Å². The second kappa shape index (κ2) is 4.82. The van der Waals surface area contributed by atoms with E-state index in [1.165, 1.54) is 0 Å². The monoisotopic (exact) mass is 257 g/mol. The molecule has 1 aliphatic rings. The fourth-order valence-corrected chi connectivity index (χ4v) is 2.72. The van der Waals surface area contributed by atoms with Crippen LogP contribution >= 0.6 is 0 Å². The molecule has 0 unspecified atom stereocenters. The third-order valence-corrected chi connectivity index (χ3v) is 3.85. The number of fused-ring (bicyclic) bond motifs is 1. The Morgan fingerprint density at radius 1 is 1.21 bits per heavy atom. The summed E-state index contributed by atoms with van der Waals surface area (Å²) in [6.07, 6.45) is 3.86. The van der Waals surface area contributed by atoms with Crippen LogP contribution in [0.15, 0.2) is 30.3 Å². The molecule has 1 heterocycles. The number of aliphatic hydroxyl groups is 1. The predicted octanol–water partition coefficient (Wildman–Crippen LogP) is 3.23. The fraction of sp³-hybridized carbons (Fsp3) is 0.438. The maximum absolute atomic E-state index is 10.3. The van der Waals surface area contributed by atoms with Gasteiger partial charge in [0.05, 0.1) is 5.60 Å². The van der Waals surface area contributed by atoms with Gasteiger partial charge in [0.25, 0.3) is 0 Å². The molecule has 1 aromatic carbocycles. The van der Waals surface area contributed by atoms with Crippen LogP contribution in [0.1, 0.15) is 31.4 Å². The lowest BCUT2D eigenvalue weighted by Crippen LogP contribution is -2.32. The molecule has 3 rings (SSSR count). The summed E-state index contributed by atoms with van der Waals surface area (Å²) in [6.45, 7) is 2.34. The van der Waals surface area contributed by atoms with Crippen LogP contribution in [0, 0.1) is 6.92 Å². The van der Waals surface area contributed by atoms with E-state index in [0.717, 1.165) is 48.0 Å². The molecular weight excluding hydrogens is 238 g/mol. The number of aromatic nitrogens is 1. The van der Waals surface area contributed by atoms with Crippen molar-refractivity contribution in [3.63, 3.8) is 0 Å². The van der Waals surface area contributed by atoms with Crippen molar-refractivity contribution in [1.29, 1.82) is 0 Å². The molecular formula is C16H19NO2. The molecule has 1 N–H and O–H groups in total. The van der Waals surface area contributed by atoms with Gasteiger partial charge in [0.2, 0.25) is 0 Å². The molecule has 1 saturated carbocycles. The van der Waals surface area contributed by atoms with E-state index >= 15 is 0 Å². The molecule has 0 atom stereocenters. The first-order valence-electron chi connectivity index (χ1n) is 6.88. The summed E-state index contributed by atoms with van der Waals surface area (Å²) < 4.78 is 5.85. The fourth-order valence-electron chi connectivity index (χ4n) is 2.72. The van der Waals surface area contributed by atoms with Gasteiger partial charge in [-0.3, -0.25) is 0 Å². The van der Waals surface area contributed by atoms with Gasteiger partial charge >= 0.3 is 0 Å². The lowest BCUT2D eigenvalue weighted by molar-refractivity contribution is 0.00183. The average molecular weight is 257 g/mol. The van der Waals surface area contributed by atoms with Gasteiger partial charge in [-0.2, -0.15) is 0 Å². The number of rotatable bonds is 3. The molecule has 3 nitrogen and oxygen atoms in total. The van der Waals surface area contributed by atoms with Crippen LogP contribution in [0.5, 0.6) is 5.75 Å². The van der Waals surface area contributed by atoms with Crippen LogP contribution in [0.4, 0.5) is 0 Å². The third kappa shape index (κ3) is 2.56. The molecule has 0 aliphatic heterocycles. The molecule has 1 aliphatic carbocycles. The van der Waals surface area contributed by atoms with Gasteiger partial charge in [-0.05, 0) is 31.9 Å². The molecule has 0 bridgehead atoms. The Morgan fingerprint density at radius 2 is 2.00 bits per heavy atom. The minimum Gasteiger partial charge on any atom is -0.488 e. The summed E-state index contributed by atoms with van der Waals surface area (Å²) in [4.78, 5) is 4.54. The van der Waals surface area contributed by atoms with Crippen molar-refractivity contribution in [2.45, 2.75) is 38.2 Å². The highest BCUT2D eigenvalue weighted by Gasteiger charge is 2.32. The van der Waals surface area contributed by atoms with Crippen molar-refractivity contribution in [1.82, 2.24) is 4.98 Å².